The number of nitrogens with zero attached hydrogens (tertiary/aromatic N) is 1. The molecule has 0 radical (unpaired) electrons. The summed E-state index contributed by atoms with van der Waals surface area (Å²) in [6.45, 7) is 2.92. The van der Waals surface area contributed by atoms with Crippen molar-refractivity contribution in [2.75, 3.05) is 12.4 Å². The van der Waals surface area contributed by atoms with Crippen molar-refractivity contribution in [1.82, 2.24) is 4.90 Å². The number of likely N-dealkylation sites (tertiary alicyclic amines) is 1. The first kappa shape index (κ1) is 14.4. The van der Waals surface area contributed by atoms with Gasteiger partial charge in [-0.3, -0.25) is 4.79 Å². The van der Waals surface area contributed by atoms with Crippen LogP contribution in [-0.2, 0) is 0 Å². The quantitative estimate of drug-likeness (QED) is 0.544. The second-order valence-corrected chi connectivity index (χ2v) is 6.49. The van der Waals surface area contributed by atoms with Crippen molar-refractivity contribution in [3.05, 3.63) is 32.4 Å². The Morgan fingerprint density at radius 2 is 2.28 bits per heavy atom. The van der Waals surface area contributed by atoms with Gasteiger partial charge < -0.3 is 4.90 Å². The van der Waals surface area contributed by atoms with Gasteiger partial charge in [0.2, 0.25) is 0 Å². The van der Waals surface area contributed by atoms with E-state index in [9.17, 15) is 4.79 Å². The minimum atomic E-state index is 0.0308. The molecule has 1 aliphatic heterocycles. The highest BCUT2D eigenvalue weighted by Gasteiger charge is 2.34. The molecule has 1 aromatic rings. The van der Waals surface area contributed by atoms with E-state index in [1.54, 1.807) is 6.07 Å². The van der Waals surface area contributed by atoms with Crippen LogP contribution in [0.1, 0.15) is 23.7 Å². The van der Waals surface area contributed by atoms with Gasteiger partial charge >= 0.3 is 0 Å². The van der Waals surface area contributed by atoms with Gasteiger partial charge in [0.05, 0.1) is 5.02 Å². The zero-order chi connectivity index (χ0) is 13.3. The molecule has 5 heteroatoms. The van der Waals surface area contributed by atoms with E-state index in [0.29, 0.717) is 22.4 Å². The van der Waals surface area contributed by atoms with Crippen LogP contribution in [0.2, 0.25) is 5.02 Å². The lowest BCUT2D eigenvalue weighted by Gasteiger charge is -2.25. The lowest BCUT2D eigenvalue weighted by Crippen LogP contribution is -2.38. The summed E-state index contributed by atoms with van der Waals surface area (Å²) in [6.07, 6.45) is 1.02. The second-order valence-electron chi connectivity index (χ2n) is 4.62. The average Bonchev–Trinajstić information content (AvgIpc) is 2.73. The summed E-state index contributed by atoms with van der Waals surface area (Å²) < 4.78 is 0.953. The van der Waals surface area contributed by atoms with Crippen LogP contribution in [0.5, 0.6) is 0 Å². The van der Waals surface area contributed by atoms with Crippen LogP contribution in [0, 0.1) is 9.49 Å². The molecular formula is C13H14Cl2INO. The van der Waals surface area contributed by atoms with Crippen molar-refractivity contribution in [3.8, 4) is 0 Å². The summed E-state index contributed by atoms with van der Waals surface area (Å²) in [5.74, 6) is 0.986. The Labute approximate surface area is 131 Å². The summed E-state index contributed by atoms with van der Waals surface area (Å²) in [7, 11) is 0. The number of carbonyl (C=O) groups is 1. The summed E-state index contributed by atoms with van der Waals surface area (Å²) in [5, 5.41) is 0.621. The van der Waals surface area contributed by atoms with E-state index in [-0.39, 0.29) is 11.9 Å². The molecule has 0 bridgehead atoms. The molecule has 2 nitrogen and oxygen atoms in total. The van der Waals surface area contributed by atoms with Crippen LogP contribution in [0.4, 0.5) is 0 Å². The number of hydrogen-bond donors (Lipinski definition) is 0. The summed E-state index contributed by atoms with van der Waals surface area (Å²) >= 11 is 14.2. The third-order valence-corrected chi connectivity index (χ3v) is 5.36. The molecule has 0 spiro atoms. The molecular weight excluding hydrogens is 384 g/mol. The number of carbonyl (C=O) groups excluding carboxylic acids is 1. The van der Waals surface area contributed by atoms with Gasteiger partial charge in [-0.25, -0.2) is 0 Å². The molecule has 0 aliphatic carbocycles. The lowest BCUT2D eigenvalue weighted by atomic mass is 10.0. The minimum Gasteiger partial charge on any atom is -0.334 e. The number of rotatable bonds is 2. The van der Waals surface area contributed by atoms with Gasteiger partial charge in [-0.15, -0.1) is 11.6 Å². The zero-order valence-electron chi connectivity index (χ0n) is 10.00. The molecule has 2 atom stereocenters. The highest BCUT2D eigenvalue weighted by Crippen LogP contribution is 2.28. The molecule has 1 amide bonds. The van der Waals surface area contributed by atoms with Gasteiger partial charge in [0.25, 0.3) is 5.91 Å². The average molecular weight is 398 g/mol. The molecule has 1 saturated heterocycles. The Hall–Kier alpha value is -0.000000000000000111. The number of amides is 1. The molecule has 2 rings (SSSR count). The van der Waals surface area contributed by atoms with E-state index in [4.69, 9.17) is 23.2 Å². The van der Waals surface area contributed by atoms with Gasteiger partial charge in [-0.2, -0.15) is 0 Å². The predicted molar refractivity (Wildman–Crippen MR) is 83.5 cm³/mol. The molecule has 18 heavy (non-hydrogen) atoms. The minimum absolute atomic E-state index is 0.0308. The fourth-order valence-corrected chi connectivity index (χ4v) is 3.28. The molecule has 0 saturated carbocycles. The first-order valence-corrected chi connectivity index (χ1v) is 7.85. The van der Waals surface area contributed by atoms with Crippen LogP contribution in [-0.4, -0.2) is 29.3 Å². The van der Waals surface area contributed by atoms with E-state index >= 15 is 0 Å². The molecule has 2 unspecified atom stereocenters. The fraction of sp³-hybridized carbons (Fsp3) is 0.462. The first-order valence-electron chi connectivity index (χ1n) is 5.86. The van der Waals surface area contributed by atoms with Crippen LogP contribution in [0.3, 0.4) is 0 Å². The molecule has 0 N–H and O–H groups in total. The van der Waals surface area contributed by atoms with E-state index < -0.39 is 0 Å². The fourth-order valence-electron chi connectivity index (χ4n) is 2.29. The molecule has 1 aromatic carbocycles. The molecule has 1 aliphatic rings. The highest BCUT2D eigenvalue weighted by atomic mass is 127. The summed E-state index contributed by atoms with van der Waals surface area (Å²) in [4.78, 5) is 14.3. The Morgan fingerprint density at radius 3 is 2.89 bits per heavy atom. The Bertz CT molecular complexity index is 466. The number of hydrogen-bond acceptors (Lipinski definition) is 1. The maximum atomic E-state index is 12.4. The maximum absolute atomic E-state index is 12.4. The van der Waals surface area contributed by atoms with Crippen molar-refractivity contribution in [2.45, 2.75) is 19.4 Å². The topological polar surface area (TPSA) is 20.3 Å². The van der Waals surface area contributed by atoms with E-state index in [0.717, 1.165) is 16.5 Å². The van der Waals surface area contributed by atoms with Crippen molar-refractivity contribution >= 4 is 51.7 Å². The normalized spacial score (nSPS) is 23.4. The first-order chi connectivity index (χ1) is 8.54. The van der Waals surface area contributed by atoms with Crippen molar-refractivity contribution in [1.29, 1.82) is 0 Å². The molecule has 1 heterocycles. The Morgan fingerprint density at radius 1 is 1.56 bits per heavy atom. The highest BCUT2D eigenvalue weighted by molar-refractivity contribution is 14.1. The van der Waals surface area contributed by atoms with E-state index in [1.165, 1.54) is 0 Å². The van der Waals surface area contributed by atoms with E-state index in [2.05, 4.69) is 29.5 Å². The molecule has 0 aromatic heterocycles. The molecule has 1 fully saturated rings. The number of benzene rings is 1. The van der Waals surface area contributed by atoms with E-state index in [1.807, 2.05) is 17.0 Å². The van der Waals surface area contributed by atoms with Gasteiger partial charge in [-0.1, -0.05) is 18.5 Å². The predicted octanol–water partition coefficient (Wildman–Crippen LogP) is 4.03. The van der Waals surface area contributed by atoms with Crippen molar-refractivity contribution < 1.29 is 4.79 Å². The van der Waals surface area contributed by atoms with Gasteiger partial charge in [0, 0.05) is 27.6 Å². The monoisotopic (exact) mass is 397 g/mol. The number of alkyl halides is 1. The Balaban J connectivity index is 2.23. The van der Waals surface area contributed by atoms with Crippen LogP contribution < -0.4 is 0 Å². The largest absolute Gasteiger partial charge is 0.334 e. The summed E-state index contributed by atoms with van der Waals surface area (Å²) in [6, 6.07) is 5.56. The molecule has 98 valence electrons. The SMILES string of the molecule is CC1CCN(C(=O)c2ccc(I)c(Cl)c2)C1CCl. The third-order valence-electron chi connectivity index (χ3n) is 3.47. The third kappa shape index (κ3) is 2.78. The lowest BCUT2D eigenvalue weighted by molar-refractivity contribution is 0.0737. The summed E-state index contributed by atoms with van der Waals surface area (Å²) in [5.41, 5.74) is 0.643. The number of halogens is 3. The smallest absolute Gasteiger partial charge is 0.254 e. The van der Waals surface area contributed by atoms with Crippen LogP contribution >= 0.6 is 45.8 Å². The van der Waals surface area contributed by atoms with Gasteiger partial charge in [0.1, 0.15) is 0 Å². The second kappa shape index (κ2) is 5.97. The maximum Gasteiger partial charge on any atom is 0.254 e. The van der Waals surface area contributed by atoms with Crippen molar-refractivity contribution in [2.24, 2.45) is 5.92 Å². The zero-order valence-corrected chi connectivity index (χ0v) is 13.7. The van der Waals surface area contributed by atoms with Gasteiger partial charge in [-0.05, 0) is 53.1 Å². The standard InChI is InChI=1S/C13H14Cl2INO/c1-8-4-5-17(12(8)7-14)13(18)9-2-3-11(16)10(15)6-9/h2-3,6,8,12H,4-5,7H2,1H3. The van der Waals surface area contributed by atoms with Crippen LogP contribution in [0.25, 0.3) is 0 Å². The van der Waals surface area contributed by atoms with Gasteiger partial charge in [0.15, 0.2) is 0 Å². The van der Waals surface area contributed by atoms with Crippen molar-refractivity contribution in [3.63, 3.8) is 0 Å². The Kier molecular flexibility index (Phi) is 4.78. The van der Waals surface area contributed by atoms with Crippen LogP contribution in [0.15, 0.2) is 18.2 Å².